The molecule has 1 aromatic carbocycles. The maximum Gasteiger partial charge on any atom is 0.0693 e. The fraction of sp³-hybridized carbons (Fsp3) is 0.625. The van der Waals surface area contributed by atoms with E-state index in [9.17, 15) is 5.11 Å². The standard InChI is InChI=1S/C16H25NO/c1-16(2,17-14-9-6-10-15(14)18)12-11-13-7-4-3-5-8-13/h3-5,7-8,14-15,17-18H,6,9-12H2,1-2H3/t14-,15-/m1/s1. The molecule has 100 valence electrons. The van der Waals surface area contributed by atoms with E-state index in [4.69, 9.17) is 0 Å². The van der Waals surface area contributed by atoms with Gasteiger partial charge in [-0.1, -0.05) is 30.3 Å². The lowest BCUT2D eigenvalue weighted by atomic mass is 9.94. The van der Waals surface area contributed by atoms with Crippen LogP contribution in [-0.4, -0.2) is 22.8 Å². The van der Waals surface area contributed by atoms with Crippen molar-refractivity contribution in [2.75, 3.05) is 0 Å². The van der Waals surface area contributed by atoms with Crippen molar-refractivity contribution < 1.29 is 5.11 Å². The molecule has 18 heavy (non-hydrogen) atoms. The van der Waals surface area contributed by atoms with Crippen molar-refractivity contribution in [2.45, 2.75) is 63.6 Å². The summed E-state index contributed by atoms with van der Waals surface area (Å²) in [4.78, 5) is 0. The van der Waals surface area contributed by atoms with Crippen LogP contribution in [0.15, 0.2) is 30.3 Å². The maximum atomic E-state index is 9.88. The number of rotatable bonds is 5. The Bertz CT molecular complexity index is 361. The van der Waals surface area contributed by atoms with Crippen LogP contribution in [0.3, 0.4) is 0 Å². The molecule has 0 unspecified atom stereocenters. The Balaban J connectivity index is 1.83. The number of aliphatic hydroxyl groups excluding tert-OH is 1. The molecule has 0 radical (unpaired) electrons. The van der Waals surface area contributed by atoms with E-state index in [1.807, 2.05) is 0 Å². The van der Waals surface area contributed by atoms with E-state index in [1.54, 1.807) is 0 Å². The molecule has 2 rings (SSSR count). The highest BCUT2D eigenvalue weighted by atomic mass is 16.3. The normalized spacial score (nSPS) is 24.4. The number of aryl methyl sites for hydroxylation is 1. The van der Waals surface area contributed by atoms with Crippen LogP contribution < -0.4 is 5.32 Å². The molecule has 2 N–H and O–H groups in total. The zero-order valence-corrected chi connectivity index (χ0v) is 11.5. The number of nitrogens with one attached hydrogen (secondary N) is 1. The van der Waals surface area contributed by atoms with Gasteiger partial charge in [-0.05, 0) is 51.5 Å². The molecule has 0 amide bonds. The minimum absolute atomic E-state index is 0.0891. The SMILES string of the molecule is CC(C)(CCc1ccccc1)N[C@@H]1CCC[C@H]1O. The minimum Gasteiger partial charge on any atom is -0.392 e. The van der Waals surface area contributed by atoms with Gasteiger partial charge >= 0.3 is 0 Å². The predicted octanol–water partition coefficient (Wildman–Crippen LogP) is 2.90. The second kappa shape index (κ2) is 5.85. The third-order valence-corrected chi connectivity index (χ3v) is 3.94. The Morgan fingerprint density at radius 2 is 1.94 bits per heavy atom. The molecule has 0 aromatic heterocycles. The lowest BCUT2D eigenvalue weighted by molar-refractivity contribution is 0.130. The monoisotopic (exact) mass is 247 g/mol. The Morgan fingerprint density at radius 3 is 2.56 bits per heavy atom. The molecule has 0 spiro atoms. The van der Waals surface area contributed by atoms with E-state index < -0.39 is 0 Å². The summed E-state index contributed by atoms with van der Waals surface area (Å²) in [7, 11) is 0. The fourth-order valence-corrected chi connectivity index (χ4v) is 2.78. The second-order valence-corrected chi connectivity index (χ2v) is 6.12. The molecular weight excluding hydrogens is 222 g/mol. The lowest BCUT2D eigenvalue weighted by Crippen LogP contribution is -2.49. The van der Waals surface area contributed by atoms with Crippen LogP contribution in [0.4, 0.5) is 0 Å². The van der Waals surface area contributed by atoms with E-state index in [-0.39, 0.29) is 17.7 Å². The summed E-state index contributed by atoms with van der Waals surface area (Å²) in [5, 5.41) is 13.5. The number of hydrogen-bond donors (Lipinski definition) is 2. The van der Waals surface area contributed by atoms with Crippen LogP contribution in [-0.2, 0) is 6.42 Å². The quantitative estimate of drug-likeness (QED) is 0.838. The molecule has 1 fully saturated rings. The van der Waals surface area contributed by atoms with E-state index >= 15 is 0 Å². The molecule has 0 bridgehead atoms. The molecule has 0 aliphatic heterocycles. The Labute approximate surface area is 110 Å². The largest absolute Gasteiger partial charge is 0.392 e. The third-order valence-electron chi connectivity index (χ3n) is 3.94. The van der Waals surface area contributed by atoms with Crippen molar-refractivity contribution in [3.05, 3.63) is 35.9 Å². The number of benzene rings is 1. The average Bonchev–Trinajstić information content (AvgIpc) is 2.73. The van der Waals surface area contributed by atoms with Crippen molar-refractivity contribution in [1.82, 2.24) is 5.32 Å². The average molecular weight is 247 g/mol. The van der Waals surface area contributed by atoms with Gasteiger partial charge in [0.05, 0.1) is 6.10 Å². The molecule has 2 nitrogen and oxygen atoms in total. The van der Waals surface area contributed by atoms with Crippen molar-refractivity contribution in [3.8, 4) is 0 Å². The Morgan fingerprint density at radius 1 is 1.22 bits per heavy atom. The first kappa shape index (κ1) is 13.6. The van der Waals surface area contributed by atoms with Gasteiger partial charge in [-0.2, -0.15) is 0 Å². The summed E-state index contributed by atoms with van der Waals surface area (Å²) in [6, 6.07) is 10.9. The summed E-state index contributed by atoms with van der Waals surface area (Å²) >= 11 is 0. The minimum atomic E-state index is -0.152. The van der Waals surface area contributed by atoms with Gasteiger partial charge in [-0.15, -0.1) is 0 Å². The molecule has 0 heterocycles. The van der Waals surface area contributed by atoms with Gasteiger partial charge in [0.25, 0.3) is 0 Å². The van der Waals surface area contributed by atoms with Gasteiger partial charge in [0, 0.05) is 11.6 Å². The first-order chi connectivity index (χ1) is 8.57. The van der Waals surface area contributed by atoms with E-state index in [1.165, 1.54) is 5.56 Å². The topological polar surface area (TPSA) is 32.3 Å². The third kappa shape index (κ3) is 3.82. The van der Waals surface area contributed by atoms with Crippen LogP contribution in [0.5, 0.6) is 0 Å². The van der Waals surface area contributed by atoms with Crippen LogP contribution in [0.1, 0.15) is 45.1 Å². The van der Waals surface area contributed by atoms with Crippen molar-refractivity contribution in [1.29, 1.82) is 0 Å². The van der Waals surface area contributed by atoms with Gasteiger partial charge < -0.3 is 10.4 Å². The van der Waals surface area contributed by atoms with Crippen LogP contribution in [0, 0.1) is 0 Å². The summed E-state index contributed by atoms with van der Waals surface area (Å²) < 4.78 is 0. The molecule has 1 aliphatic rings. The molecule has 2 heteroatoms. The van der Waals surface area contributed by atoms with Gasteiger partial charge in [0.1, 0.15) is 0 Å². The smallest absolute Gasteiger partial charge is 0.0693 e. The van der Waals surface area contributed by atoms with Crippen LogP contribution >= 0.6 is 0 Å². The van der Waals surface area contributed by atoms with Crippen molar-refractivity contribution >= 4 is 0 Å². The molecule has 1 saturated carbocycles. The predicted molar refractivity (Wildman–Crippen MR) is 75.6 cm³/mol. The molecule has 0 saturated heterocycles. The van der Waals surface area contributed by atoms with Crippen molar-refractivity contribution in [3.63, 3.8) is 0 Å². The number of hydrogen-bond acceptors (Lipinski definition) is 2. The Hall–Kier alpha value is -0.860. The molecule has 1 aromatic rings. The second-order valence-electron chi connectivity index (χ2n) is 6.12. The van der Waals surface area contributed by atoms with E-state index in [0.29, 0.717) is 0 Å². The molecular formula is C16H25NO. The summed E-state index contributed by atoms with van der Waals surface area (Å²) in [5.41, 5.74) is 1.48. The van der Waals surface area contributed by atoms with Gasteiger partial charge in [0.15, 0.2) is 0 Å². The number of aliphatic hydroxyl groups is 1. The van der Waals surface area contributed by atoms with Crippen molar-refractivity contribution in [2.24, 2.45) is 0 Å². The Kier molecular flexibility index (Phi) is 4.41. The first-order valence-corrected chi connectivity index (χ1v) is 7.06. The first-order valence-electron chi connectivity index (χ1n) is 7.06. The maximum absolute atomic E-state index is 9.88. The highest BCUT2D eigenvalue weighted by Crippen LogP contribution is 2.23. The zero-order valence-electron chi connectivity index (χ0n) is 11.5. The highest BCUT2D eigenvalue weighted by Gasteiger charge is 2.30. The highest BCUT2D eigenvalue weighted by molar-refractivity contribution is 5.15. The fourth-order valence-electron chi connectivity index (χ4n) is 2.78. The molecule has 2 atom stereocenters. The van der Waals surface area contributed by atoms with Gasteiger partial charge in [-0.25, -0.2) is 0 Å². The summed E-state index contributed by atoms with van der Waals surface area (Å²) in [6.45, 7) is 4.47. The van der Waals surface area contributed by atoms with Gasteiger partial charge in [-0.3, -0.25) is 0 Å². The zero-order chi connectivity index (χ0) is 13.0. The van der Waals surface area contributed by atoms with Crippen LogP contribution in [0.2, 0.25) is 0 Å². The van der Waals surface area contributed by atoms with Crippen LogP contribution in [0.25, 0.3) is 0 Å². The van der Waals surface area contributed by atoms with Gasteiger partial charge in [0.2, 0.25) is 0 Å². The van der Waals surface area contributed by atoms with E-state index in [2.05, 4.69) is 49.5 Å². The summed E-state index contributed by atoms with van der Waals surface area (Å²) in [6.07, 6.45) is 5.24. The molecule has 1 aliphatic carbocycles. The lowest BCUT2D eigenvalue weighted by Gasteiger charge is -2.31. The summed E-state index contributed by atoms with van der Waals surface area (Å²) in [5.74, 6) is 0. The van der Waals surface area contributed by atoms with E-state index in [0.717, 1.165) is 32.1 Å².